The second-order valence-electron chi connectivity index (χ2n) is 5.43. The predicted octanol–water partition coefficient (Wildman–Crippen LogP) is 2.49. The Morgan fingerprint density at radius 2 is 2.40 bits per heavy atom. The summed E-state index contributed by atoms with van der Waals surface area (Å²) < 4.78 is 5.90. The minimum atomic E-state index is 0.221. The largest absolute Gasteiger partial charge is 0.382 e. The highest BCUT2D eigenvalue weighted by molar-refractivity contribution is 6.32. The lowest BCUT2D eigenvalue weighted by molar-refractivity contribution is -0.0415. The van der Waals surface area contributed by atoms with Crippen LogP contribution < -0.4 is 5.32 Å². The second kappa shape index (κ2) is 6.01. The molecule has 0 amide bonds. The molecule has 20 heavy (non-hydrogen) atoms. The molecular weight excluding hydrogens is 274 g/mol. The zero-order valence-electron chi connectivity index (χ0n) is 11.3. The average molecular weight is 292 g/mol. The van der Waals surface area contributed by atoms with E-state index in [4.69, 9.17) is 21.6 Å². The molecule has 5 heteroatoms. The molecule has 1 aromatic carbocycles. The third-order valence-corrected chi connectivity index (χ3v) is 4.40. The summed E-state index contributed by atoms with van der Waals surface area (Å²) in [6, 6.07) is 8.11. The van der Waals surface area contributed by atoms with E-state index in [9.17, 15) is 0 Å². The molecule has 1 aromatic rings. The van der Waals surface area contributed by atoms with Crippen molar-refractivity contribution in [3.8, 4) is 6.07 Å². The van der Waals surface area contributed by atoms with Crippen molar-refractivity contribution in [1.29, 1.82) is 5.26 Å². The first-order valence-corrected chi connectivity index (χ1v) is 7.43. The Kier molecular flexibility index (Phi) is 4.11. The van der Waals surface area contributed by atoms with Gasteiger partial charge in [0, 0.05) is 24.8 Å². The first-order valence-electron chi connectivity index (χ1n) is 7.05. The lowest BCUT2D eigenvalue weighted by atomic mass is 10.2. The standard InChI is InChI=1S/C15H18ClN3O/c16-15-6-12(4-3-11(15)7-17)18-8-14-9-19-5-1-2-13(19)10-20-14/h3-4,6,13-14,18H,1-2,5,8-10H2. The number of nitrogens with zero attached hydrogens (tertiary/aromatic N) is 2. The predicted molar refractivity (Wildman–Crippen MR) is 79.0 cm³/mol. The van der Waals surface area contributed by atoms with Crippen LogP contribution in [0.3, 0.4) is 0 Å². The third-order valence-electron chi connectivity index (χ3n) is 4.08. The quantitative estimate of drug-likeness (QED) is 0.929. The van der Waals surface area contributed by atoms with Gasteiger partial charge >= 0.3 is 0 Å². The summed E-state index contributed by atoms with van der Waals surface area (Å²) in [4.78, 5) is 2.53. The fourth-order valence-corrected chi connectivity index (χ4v) is 3.18. The van der Waals surface area contributed by atoms with Crippen LogP contribution in [-0.4, -0.2) is 43.3 Å². The highest BCUT2D eigenvalue weighted by Gasteiger charge is 2.31. The van der Waals surface area contributed by atoms with Gasteiger partial charge in [-0.05, 0) is 37.6 Å². The molecule has 2 unspecified atom stereocenters. The molecule has 2 heterocycles. The summed E-state index contributed by atoms with van der Waals surface area (Å²) in [7, 11) is 0. The number of morpholine rings is 1. The van der Waals surface area contributed by atoms with Gasteiger partial charge in [-0.25, -0.2) is 0 Å². The molecule has 0 bridgehead atoms. The van der Waals surface area contributed by atoms with Crippen molar-refractivity contribution in [1.82, 2.24) is 4.90 Å². The lowest BCUT2D eigenvalue weighted by Crippen LogP contribution is -2.48. The van der Waals surface area contributed by atoms with E-state index in [1.807, 2.05) is 6.07 Å². The number of fused-ring (bicyclic) bond motifs is 1. The average Bonchev–Trinajstić information content (AvgIpc) is 2.92. The van der Waals surface area contributed by atoms with Gasteiger partial charge in [0.15, 0.2) is 0 Å². The van der Waals surface area contributed by atoms with Crippen LogP contribution in [0.15, 0.2) is 18.2 Å². The van der Waals surface area contributed by atoms with Gasteiger partial charge < -0.3 is 10.1 Å². The Bertz CT molecular complexity index is 528. The monoisotopic (exact) mass is 291 g/mol. The van der Waals surface area contributed by atoms with Gasteiger partial charge in [-0.15, -0.1) is 0 Å². The van der Waals surface area contributed by atoms with E-state index in [2.05, 4.69) is 16.3 Å². The van der Waals surface area contributed by atoms with Crippen molar-refractivity contribution in [3.63, 3.8) is 0 Å². The van der Waals surface area contributed by atoms with E-state index in [-0.39, 0.29) is 6.10 Å². The topological polar surface area (TPSA) is 48.3 Å². The minimum absolute atomic E-state index is 0.221. The maximum Gasteiger partial charge on any atom is 0.101 e. The van der Waals surface area contributed by atoms with Crippen molar-refractivity contribution in [2.24, 2.45) is 0 Å². The van der Waals surface area contributed by atoms with Gasteiger partial charge in [0.2, 0.25) is 0 Å². The highest BCUT2D eigenvalue weighted by atomic mass is 35.5. The number of nitrogens with one attached hydrogen (secondary N) is 1. The van der Waals surface area contributed by atoms with Crippen molar-refractivity contribution in [3.05, 3.63) is 28.8 Å². The van der Waals surface area contributed by atoms with E-state index in [0.717, 1.165) is 25.4 Å². The Morgan fingerprint density at radius 1 is 1.50 bits per heavy atom. The summed E-state index contributed by atoms with van der Waals surface area (Å²) >= 11 is 6.02. The number of hydrogen-bond donors (Lipinski definition) is 1. The van der Waals surface area contributed by atoms with Crippen molar-refractivity contribution in [2.75, 3.05) is 31.6 Å². The molecule has 2 saturated heterocycles. The fourth-order valence-electron chi connectivity index (χ4n) is 2.96. The van der Waals surface area contributed by atoms with E-state index < -0.39 is 0 Å². The first-order chi connectivity index (χ1) is 9.76. The summed E-state index contributed by atoms with van der Waals surface area (Å²) in [5.74, 6) is 0. The summed E-state index contributed by atoms with van der Waals surface area (Å²) in [6.07, 6.45) is 2.78. The van der Waals surface area contributed by atoms with Crippen LogP contribution in [0, 0.1) is 11.3 Å². The Labute approximate surface area is 124 Å². The smallest absolute Gasteiger partial charge is 0.101 e. The molecular formula is C15H18ClN3O. The maximum absolute atomic E-state index is 8.85. The zero-order valence-corrected chi connectivity index (χ0v) is 12.1. The van der Waals surface area contributed by atoms with Crippen LogP contribution in [0.2, 0.25) is 5.02 Å². The van der Waals surface area contributed by atoms with E-state index in [1.165, 1.54) is 19.4 Å². The van der Waals surface area contributed by atoms with E-state index in [1.54, 1.807) is 12.1 Å². The van der Waals surface area contributed by atoms with Gasteiger partial charge in [0.25, 0.3) is 0 Å². The zero-order chi connectivity index (χ0) is 13.9. The molecule has 3 rings (SSSR count). The number of ether oxygens (including phenoxy) is 1. The number of benzene rings is 1. The Hall–Kier alpha value is -1.28. The van der Waals surface area contributed by atoms with Crippen LogP contribution in [0.1, 0.15) is 18.4 Å². The van der Waals surface area contributed by atoms with Crippen molar-refractivity contribution in [2.45, 2.75) is 25.0 Å². The second-order valence-corrected chi connectivity index (χ2v) is 5.84. The van der Waals surface area contributed by atoms with Gasteiger partial charge in [0.05, 0.1) is 23.3 Å². The molecule has 0 aromatic heterocycles. The highest BCUT2D eigenvalue weighted by Crippen LogP contribution is 2.24. The summed E-state index contributed by atoms with van der Waals surface area (Å²) in [6.45, 7) is 3.82. The van der Waals surface area contributed by atoms with Crippen LogP contribution in [-0.2, 0) is 4.74 Å². The minimum Gasteiger partial charge on any atom is -0.382 e. The van der Waals surface area contributed by atoms with Crippen LogP contribution in [0.4, 0.5) is 5.69 Å². The molecule has 2 aliphatic rings. The Morgan fingerprint density at radius 3 is 3.20 bits per heavy atom. The van der Waals surface area contributed by atoms with Gasteiger partial charge in [0.1, 0.15) is 6.07 Å². The SMILES string of the molecule is N#Cc1ccc(NCC2CN3CCCC3CO2)cc1Cl. The molecule has 4 nitrogen and oxygen atoms in total. The molecule has 2 aliphatic heterocycles. The first kappa shape index (κ1) is 13.7. The maximum atomic E-state index is 8.85. The third kappa shape index (κ3) is 2.90. The van der Waals surface area contributed by atoms with Crippen molar-refractivity contribution < 1.29 is 4.74 Å². The van der Waals surface area contributed by atoms with Gasteiger partial charge in [-0.2, -0.15) is 5.26 Å². The molecule has 2 fully saturated rings. The normalized spacial score (nSPS) is 26.0. The fraction of sp³-hybridized carbons (Fsp3) is 0.533. The molecule has 106 valence electrons. The number of rotatable bonds is 3. The number of halogens is 1. The van der Waals surface area contributed by atoms with Crippen LogP contribution >= 0.6 is 11.6 Å². The van der Waals surface area contributed by atoms with Crippen molar-refractivity contribution >= 4 is 17.3 Å². The lowest BCUT2D eigenvalue weighted by Gasteiger charge is -2.35. The van der Waals surface area contributed by atoms with Crippen LogP contribution in [0.25, 0.3) is 0 Å². The molecule has 2 atom stereocenters. The van der Waals surface area contributed by atoms with Gasteiger partial charge in [-0.1, -0.05) is 11.6 Å². The molecule has 0 radical (unpaired) electrons. The molecule has 0 spiro atoms. The number of hydrogen-bond acceptors (Lipinski definition) is 4. The van der Waals surface area contributed by atoms with Gasteiger partial charge in [-0.3, -0.25) is 4.90 Å². The summed E-state index contributed by atoms with van der Waals surface area (Å²) in [5, 5.41) is 12.7. The number of anilines is 1. The summed E-state index contributed by atoms with van der Waals surface area (Å²) in [5.41, 5.74) is 1.44. The Balaban J connectivity index is 1.54. The molecule has 0 saturated carbocycles. The molecule has 0 aliphatic carbocycles. The molecule has 1 N–H and O–H groups in total. The number of nitriles is 1. The van der Waals surface area contributed by atoms with E-state index in [0.29, 0.717) is 16.6 Å². The van der Waals surface area contributed by atoms with Crippen LogP contribution in [0.5, 0.6) is 0 Å². The van der Waals surface area contributed by atoms with E-state index >= 15 is 0 Å².